The van der Waals surface area contributed by atoms with Gasteiger partial charge in [-0.15, -0.1) is 0 Å². The molecule has 0 unspecified atom stereocenters. The molecule has 0 saturated heterocycles. The zero-order valence-corrected chi connectivity index (χ0v) is 5.96. The summed E-state index contributed by atoms with van der Waals surface area (Å²) in [6, 6.07) is 0. The summed E-state index contributed by atoms with van der Waals surface area (Å²) >= 11 is 8.00. The smallest absolute Gasteiger partial charge is 0.00825 e. The summed E-state index contributed by atoms with van der Waals surface area (Å²) in [7, 11) is 0. The molecule has 0 saturated carbocycles. The van der Waals surface area contributed by atoms with Crippen molar-refractivity contribution in [2.24, 2.45) is 0 Å². The second kappa shape index (κ2) is 6.44. The van der Waals surface area contributed by atoms with E-state index in [1.54, 1.807) is 0 Å². The first-order valence-corrected chi connectivity index (χ1v) is 3.55. The highest BCUT2D eigenvalue weighted by atomic mass is 32.1. The lowest BCUT2D eigenvalue weighted by molar-refractivity contribution is 1.25. The fourth-order valence-corrected chi connectivity index (χ4v) is 0.565. The third-order valence-corrected chi connectivity index (χ3v) is 1.04. The highest BCUT2D eigenvalue weighted by Gasteiger charge is 1.68. The Labute approximate surface area is 55.8 Å². The van der Waals surface area contributed by atoms with Crippen molar-refractivity contribution >= 4 is 25.3 Å². The number of hydrogen-bond acceptors (Lipinski definition) is 2. The fraction of sp³-hybridized carbons (Fsp3) is 0.600. The van der Waals surface area contributed by atoms with E-state index in [1.165, 1.54) is 0 Å². The predicted molar refractivity (Wildman–Crippen MR) is 41.5 cm³/mol. The molecule has 0 aliphatic heterocycles. The molecule has 0 nitrogen and oxygen atoms in total. The van der Waals surface area contributed by atoms with E-state index in [4.69, 9.17) is 0 Å². The Hall–Kier alpha value is 0.440. The Kier molecular flexibility index (Phi) is 6.84. The number of hydrogen-bond donors (Lipinski definition) is 2. The summed E-state index contributed by atoms with van der Waals surface area (Å²) < 4.78 is 0. The van der Waals surface area contributed by atoms with Crippen LogP contribution < -0.4 is 0 Å². The van der Waals surface area contributed by atoms with Gasteiger partial charge in [0, 0.05) is 5.75 Å². The Balaban J connectivity index is 2.78. The SMILES string of the molecule is SCC=CCCS. The topological polar surface area (TPSA) is 0 Å². The second-order valence-electron chi connectivity index (χ2n) is 1.17. The summed E-state index contributed by atoms with van der Waals surface area (Å²) in [6.45, 7) is 0. The van der Waals surface area contributed by atoms with E-state index in [2.05, 4.69) is 31.3 Å². The lowest BCUT2D eigenvalue weighted by Crippen LogP contribution is -1.66. The van der Waals surface area contributed by atoms with Crippen LogP contribution in [0.4, 0.5) is 0 Å². The number of thiol groups is 2. The van der Waals surface area contributed by atoms with Gasteiger partial charge in [0.1, 0.15) is 0 Å². The van der Waals surface area contributed by atoms with Gasteiger partial charge < -0.3 is 0 Å². The van der Waals surface area contributed by atoms with E-state index in [0.29, 0.717) is 0 Å². The molecule has 0 radical (unpaired) electrons. The Bertz CT molecular complexity index is 50.0. The van der Waals surface area contributed by atoms with Gasteiger partial charge in [-0.25, -0.2) is 0 Å². The lowest BCUT2D eigenvalue weighted by atomic mass is 10.4. The molecule has 0 aromatic heterocycles. The first kappa shape index (κ1) is 7.44. The van der Waals surface area contributed by atoms with Crippen molar-refractivity contribution in [2.75, 3.05) is 11.5 Å². The van der Waals surface area contributed by atoms with Crippen molar-refractivity contribution in [3.63, 3.8) is 0 Å². The highest BCUT2D eigenvalue weighted by molar-refractivity contribution is 7.80. The molecule has 0 aromatic carbocycles. The number of rotatable bonds is 3. The molecule has 0 bridgehead atoms. The third kappa shape index (κ3) is 6.44. The average Bonchev–Trinajstić information content (AvgIpc) is 1.69. The standard InChI is InChI=1S/C5H10S2/c6-4-2-1-3-5-7/h1-2,6-7H,3-5H2. The van der Waals surface area contributed by atoms with Gasteiger partial charge in [0.15, 0.2) is 0 Å². The normalized spacial score (nSPS) is 10.6. The van der Waals surface area contributed by atoms with Crippen LogP contribution >= 0.6 is 25.3 Å². The molecular formula is C5H10S2. The first-order chi connectivity index (χ1) is 3.41. The zero-order valence-electron chi connectivity index (χ0n) is 4.17. The summed E-state index contributed by atoms with van der Waals surface area (Å²) in [5.74, 6) is 1.78. The monoisotopic (exact) mass is 134 g/mol. The molecule has 0 amide bonds. The Morgan fingerprint density at radius 2 is 1.86 bits per heavy atom. The second-order valence-corrected chi connectivity index (χ2v) is 1.98. The van der Waals surface area contributed by atoms with E-state index >= 15 is 0 Å². The molecule has 0 atom stereocenters. The van der Waals surface area contributed by atoms with Gasteiger partial charge in [-0.05, 0) is 12.2 Å². The first-order valence-electron chi connectivity index (χ1n) is 2.28. The van der Waals surface area contributed by atoms with Gasteiger partial charge in [-0.3, -0.25) is 0 Å². The van der Waals surface area contributed by atoms with Crippen molar-refractivity contribution in [3.05, 3.63) is 12.2 Å². The molecule has 2 heteroatoms. The molecule has 0 aliphatic carbocycles. The molecule has 0 spiro atoms. The van der Waals surface area contributed by atoms with Crippen LogP contribution in [0.15, 0.2) is 12.2 Å². The van der Waals surface area contributed by atoms with Crippen molar-refractivity contribution in [2.45, 2.75) is 6.42 Å². The molecule has 0 N–H and O–H groups in total. The van der Waals surface area contributed by atoms with Crippen LogP contribution in [-0.2, 0) is 0 Å². The lowest BCUT2D eigenvalue weighted by Gasteiger charge is -1.79. The van der Waals surface area contributed by atoms with E-state index in [1.807, 2.05) is 6.08 Å². The van der Waals surface area contributed by atoms with Gasteiger partial charge in [0.05, 0.1) is 0 Å². The van der Waals surface area contributed by atoms with Crippen molar-refractivity contribution < 1.29 is 0 Å². The quantitative estimate of drug-likeness (QED) is 0.427. The largest absolute Gasteiger partial charge is 0.179 e. The van der Waals surface area contributed by atoms with Crippen molar-refractivity contribution in [1.29, 1.82) is 0 Å². The van der Waals surface area contributed by atoms with Gasteiger partial charge in [0.2, 0.25) is 0 Å². The fourth-order valence-electron chi connectivity index (χ4n) is 0.267. The summed E-state index contributed by atoms with van der Waals surface area (Å²) in [5, 5.41) is 0. The molecule has 0 heterocycles. The maximum Gasteiger partial charge on any atom is 0.00825 e. The minimum absolute atomic E-state index is 0.841. The molecule has 0 aromatic rings. The van der Waals surface area contributed by atoms with Crippen LogP contribution in [-0.4, -0.2) is 11.5 Å². The van der Waals surface area contributed by atoms with Crippen LogP contribution in [0, 0.1) is 0 Å². The predicted octanol–water partition coefficient (Wildman–Crippen LogP) is 1.79. The van der Waals surface area contributed by atoms with Gasteiger partial charge in [-0.2, -0.15) is 25.3 Å². The summed E-state index contributed by atoms with van der Waals surface area (Å²) in [4.78, 5) is 0. The molecular weight excluding hydrogens is 124 g/mol. The van der Waals surface area contributed by atoms with Crippen LogP contribution in [0.5, 0.6) is 0 Å². The Morgan fingerprint density at radius 1 is 1.14 bits per heavy atom. The maximum absolute atomic E-state index is 4.02. The molecule has 42 valence electrons. The minimum Gasteiger partial charge on any atom is -0.179 e. The van der Waals surface area contributed by atoms with Crippen LogP contribution in [0.2, 0.25) is 0 Å². The molecule has 0 aliphatic rings. The minimum atomic E-state index is 0.841. The third-order valence-electron chi connectivity index (χ3n) is 0.568. The summed E-state index contributed by atoms with van der Waals surface area (Å²) in [5.41, 5.74) is 0. The van der Waals surface area contributed by atoms with Crippen LogP contribution in [0.3, 0.4) is 0 Å². The van der Waals surface area contributed by atoms with Crippen molar-refractivity contribution in [1.82, 2.24) is 0 Å². The molecule has 7 heavy (non-hydrogen) atoms. The van der Waals surface area contributed by atoms with Crippen LogP contribution in [0.25, 0.3) is 0 Å². The van der Waals surface area contributed by atoms with E-state index in [0.717, 1.165) is 17.9 Å². The molecule has 0 rings (SSSR count). The highest BCUT2D eigenvalue weighted by Crippen LogP contribution is 1.85. The van der Waals surface area contributed by atoms with Crippen LogP contribution in [0.1, 0.15) is 6.42 Å². The van der Waals surface area contributed by atoms with E-state index in [9.17, 15) is 0 Å². The number of allylic oxidation sites excluding steroid dienone is 1. The van der Waals surface area contributed by atoms with E-state index < -0.39 is 0 Å². The Morgan fingerprint density at radius 3 is 2.29 bits per heavy atom. The van der Waals surface area contributed by atoms with E-state index in [-0.39, 0.29) is 0 Å². The van der Waals surface area contributed by atoms with Gasteiger partial charge in [0.25, 0.3) is 0 Å². The zero-order chi connectivity index (χ0) is 5.54. The van der Waals surface area contributed by atoms with Gasteiger partial charge in [-0.1, -0.05) is 12.2 Å². The van der Waals surface area contributed by atoms with Crippen molar-refractivity contribution in [3.8, 4) is 0 Å². The molecule has 0 fully saturated rings. The van der Waals surface area contributed by atoms with Gasteiger partial charge >= 0.3 is 0 Å². The average molecular weight is 134 g/mol. The maximum atomic E-state index is 4.02. The summed E-state index contributed by atoms with van der Waals surface area (Å²) in [6.07, 6.45) is 5.17.